The van der Waals surface area contributed by atoms with Crippen molar-refractivity contribution in [3.63, 3.8) is 0 Å². The highest BCUT2D eigenvalue weighted by atomic mass is 16.5. The number of nitrogens with zero attached hydrogens (tertiary/aromatic N) is 1. The Kier molecular flexibility index (Phi) is 4.76. The number of hydrogen-bond donors (Lipinski definition) is 0. The van der Waals surface area contributed by atoms with Gasteiger partial charge in [0.2, 0.25) is 0 Å². The molecule has 2 aromatic carbocycles. The van der Waals surface area contributed by atoms with Crippen molar-refractivity contribution in [2.45, 2.75) is 38.9 Å². The van der Waals surface area contributed by atoms with Crippen molar-refractivity contribution in [3.05, 3.63) is 76.1 Å². The summed E-state index contributed by atoms with van der Waals surface area (Å²) in [7, 11) is 0. The molecule has 26 heavy (non-hydrogen) atoms. The van der Waals surface area contributed by atoms with Gasteiger partial charge in [0.15, 0.2) is 5.43 Å². The zero-order chi connectivity index (χ0) is 17.9. The van der Waals surface area contributed by atoms with E-state index >= 15 is 0 Å². The van der Waals surface area contributed by atoms with Gasteiger partial charge < -0.3 is 9.15 Å². The quantitative estimate of drug-likeness (QED) is 0.636. The molecular weight excluding hydrogens is 326 g/mol. The van der Waals surface area contributed by atoms with Gasteiger partial charge in [-0.15, -0.1) is 0 Å². The minimum Gasteiger partial charge on any atom is -0.494 e. The van der Waals surface area contributed by atoms with E-state index < -0.39 is 0 Å². The predicted molar refractivity (Wildman–Crippen MR) is 102 cm³/mol. The third kappa shape index (κ3) is 3.65. The van der Waals surface area contributed by atoms with Crippen molar-refractivity contribution in [2.24, 2.45) is 0 Å². The summed E-state index contributed by atoms with van der Waals surface area (Å²) in [6, 6.07) is 16.2. The second-order valence-corrected chi connectivity index (χ2v) is 6.80. The first-order valence-electron chi connectivity index (χ1n) is 9.20. The van der Waals surface area contributed by atoms with E-state index in [2.05, 4.69) is 17.0 Å². The third-order valence-corrected chi connectivity index (χ3v) is 4.81. The van der Waals surface area contributed by atoms with Crippen LogP contribution in [0, 0.1) is 0 Å². The maximum atomic E-state index is 12.8. The Morgan fingerprint density at radius 2 is 1.85 bits per heavy atom. The van der Waals surface area contributed by atoms with Crippen LogP contribution in [0.5, 0.6) is 5.75 Å². The van der Waals surface area contributed by atoms with Crippen LogP contribution in [0.1, 0.15) is 30.9 Å². The summed E-state index contributed by atoms with van der Waals surface area (Å²) in [5, 5.41) is 0.654. The molecule has 4 rings (SSSR count). The molecule has 0 saturated heterocycles. The number of benzene rings is 2. The Morgan fingerprint density at radius 3 is 2.58 bits per heavy atom. The zero-order valence-corrected chi connectivity index (χ0v) is 15.0. The van der Waals surface area contributed by atoms with E-state index in [1.165, 1.54) is 18.4 Å². The number of ether oxygens (including phenoxy) is 1. The van der Waals surface area contributed by atoms with Crippen molar-refractivity contribution >= 4 is 11.0 Å². The maximum absolute atomic E-state index is 12.8. The predicted octanol–water partition coefficient (Wildman–Crippen LogP) is 4.36. The zero-order valence-electron chi connectivity index (χ0n) is 15.0. The van der Waals surface area contributed by atoms with E-state index in [1.807, 2.05) is 43.3 Å². The Labute approximate surface area is 153 Å². The molecule has 0 amide bonds. The van der Waals surface area contributed by atoms with Crippen LogP contribution >= 0.6 is 0 Å². The summed E-state index contributed by atoms with van der Waals surface area (Å²) in [6.07, 6.45) is 4.00. The van der Waals surface area contributed by atoms with Crippen LogP contribution in [-0.4, -0.2) is 17.5 Å². The van der Waals surface area contributed by atoms with Gasteiger partial charge in [-0.25, -0.2) is 0 Å². The van der Waals surface area contributed by atoms with Crippen molar-refractivity contribution in [1.82, 2.24) is 4.90 Å². The normalized spacial score (nSPS) is 14.1. The summed E-state index contributed by atoms with van der Waals surface area (Å²) in [6.45, 7) is 4.09. The Bertz CT molecular complexity index is 942. The Balaban J connectivity index is 1.54. The first-order valence-corrected chi connectivity index (χ1v) is 9.20. The van der Waals surface area contributed by atoms with Gasteiger partial charge in [-0.1, -0.05) is 24.3 Å². The van der Waals surface area contributed by atoms with Gasteiger partial charge in [0.1, 0.15) is 11.3 Å². The van der Waals surface area contributed by atoms with E-state index in [1.54, 1.807) is 6.26 Å². The first-order chi connectivity index (χ1) is 12.7. The van der Waals surface area contributed by atoms with Gasteiger partial charge in [-0.05, 0) is 49.6 Å². The molecule has 0 radical (unpaired) electrons. The molecule has 0 atom stereocenters. The second-order valence-electron chi connectivity index (χ2n) is 6.80. The SMILES string of the molecule is CCOc1ccc(CN(Cc2coc3ccccc3c2=O)C2CC2)cc1. The van der Waals surface area contributed by atoms with Gasteiger partial charge in [0, 0.05) is 24.7 Å². The number of hydrogen-bond acceptors (Lipinski definition) is 4. The molecule has 1 aliphatic rings. The lowest BCUT2D eigenvalue weighted by molar-refractivity contribution is 0.243. The molecule has 4 nitrogen and oxygen atoms in total. The Morgan fingerprint density at radius 1 is 1.08 bits per heavy atom. The van der Waals surface area contributed by atoms with Crippen LogP contribution in [0.4, 0.5) is 0 Å². The topological polar surface area (TPSA) is 42.7 Å². The molecule has 0 spiro atoms. The average molecular weight is 349 g/mol. The molecule has 134 valence electrons. The molecule has 0 unspecified atom stereocenters. The summed E-state index contributed by atoms with van der Waals surface area (Å²) in [5.41, 5.74) is 2.67. The summed E-state index contributed by atoms with van der Waals surface area (Å²) >= 11 is 0. The lowest BCUT2D eigenvalue weighted by Gasteiger charge is -2.22. The highest BCUT2D eigenvalue weighted by Gasteiger charge is 2.29. The van der Waals surface area contributed by atoms with Gasteiger partial charge in [-0.3, -0.25) is 9.69 Å². The van der Waals surface area contributed by atoms with Crippen molar-refractivity contribution in [1.29, 1.82) is 0 Å². The molecule has 1 heterocycles. The third-order valence-electron chi connectivity index (χ3n) is 4.81. The number of para-hydroxylation sites is 1. The molecule has 1 fully saturated rings. The molecule has 0 N–H and O–H groups in total. The van der Waals surface area contributed by atoms with Gasteiger partial charge >= 0.3 is 0 Å². The van der Waals surface area contributed by atoms with Gasteiger partial charge in [-0.2, -0.15) is 0 Å². The lowest BCUT2D eigenvalue weighted by atomic mass is 10.1. The molecule has 0 aliphatic heterocycles. The van der Waals surface area contributed by atoms with Gasteiger partial charge in [0.25, 0.3) is 0 Å². The van der Waals surface area contributed by atoms with Crippen molar-refractivity contribution in [3.8, 4) is 5.75 Å². The van der Waals surface area contributed by atoms with Crippen LogP contribution < -0.4 is 10.2 Å². The first kappa shape index (κ1) is 16.9. The summed E-state index contributed by atoms with van der Waals surface area (Å²) < 4.78 is 11.2. The minimum absolute atomic E-state index is 0.0733. The fourth-order valence-corrected chi connectivity index (χ4v) is 3.29. The Hall–Kier alpha value is -2.59. The van der Waals surface area contributed by atoms with Crippen LogP contribution in [0.25, 0.3) is 11.0 Å². The van der Waals surface area contributed by atoms with Crippen molar-refractivity contribution in [2.75, 3.05) is 6.61 Å². The van der Waals surface area contributed by atoms with E-state index in [9.17, 15) is 4.79 Å². The van der Waals surface area contributed by atoms with Crippen LogP contribution in [0.15, 0.2) is 64.0 Å². The monoisotopic (exact) mass is 349 g/mol. The van der Waals surface area contributed by atoms with E-state index in [4.69, 9.17) is 9.15 Å². The minimum atomic E-state index is 0.0733. The average Bonchev–Trinajstić information content (AvgIpc) is 3.50. The lowest BCUT2D eigenvalue weighted by Crippen LogP contribution is -2.27. The molecule has 4 heteroatoms. The largest absolute Gasteiger partial charge is 0.494 e. The number of rotatable bonds is 7. The summed E-state index contributed by atoms with van der Waals surface area (Å²) in [5.74, 6) is 0.893. The maximum Gasteiger partial charge on any atom is 0.197 e. The second kappa shape index (κ2) is 7.34. The van der Waals surface area contributed by atoms with Crippen LogP contribution in [0.3, 0.4) is 0 Å². The molecular formula is C22H23NO3. The molecule has 1 aromatic heterocycles. The molecule has 0 bridgehead atoms. The smallest absolute Gasteiger partial charge is 0.197 e. The standard InChI is InChI=1S/C22H23NO3/c1-2-25-19-11-7-16(8-12-19)13-23(18-9-10-18)14-17-15-26-21-6-4-3-5-20(21)22(17)24/h3-8,11-12,15,18H,2,9-10,13-14H2,1H3. The van der Waals surface area contributed by atoms with Crippen molar-refractivity contribution < 1.29 is 9.15 Å². The van der Waals surface area contributed by atoms with E-state index in [0.717, 1.165) is 17.9 Å². The summed E-state index contributed by atoms with van der Waals surface area (Å²) in [4.78, 5) is 15.1. The van der Waals surface area contributed by atoms with Crippen LogP contribution in [0.2, 0.25) is 0 Å². The highest BCUT2D eigenvalue weighted by molar-refractivity contribution is 5.76. The number of fused-ring (bicyclic) bond motifs is 1. The van der Waals surface area contributed by atoms with E-state index in [0.29, 0.717) is 30.2 Å². The molecule has 3 aromatic rings. The molecule has 1 saturated carbocycles. The fraction of sp³-hybridized carbons (Fsp3) is 0.318. The molecule has 1 aliphatic carbocycles. The highest BCUT2D eigenvalue weighted by Crippen LogP contribution is 2.30. The van der Waals surface area contributed by atoms with Crippen LogP contribution in [-0.2, 0) is 13.1 Å². The van der Waals surface area contributed by atoms with Gasteiger partial charge in [0.05, 0.1) is 18.3 Å². The van der Waals surface area contributed by atoms with E-state index in [-0.39, 0.29) is 5.43 Å². The fourth-order valence-electron chi connectivity index (χ4n) is 3.29.